The Labute approximate surface area is 210 Å². The summed E-state index contributed by atoms with van der Waals surface area (Å²) in [7, 11) is 0. The number of nitrogens with two attached hydrogens (primary N) is 1. The number of hydrogen-bond donors (Lipinski definition) is 4. The van der Waals surface area contributed by atoms with E-state index in [1.165, 1.54) is 0 Å². The van der Waals surface area contributed by atoms with Crippen molar-refractivity contribution in [2.24, 2.45) is 10.7 Å². The average molecular weight is 515 g/mol. The van der Waals surface area contributed by atoms with Crippen LogP contribution in [0.2, 0.25) is 0 Å². The van der Waals surface area contributed by atoms with Gasteiger partial charge in [0.15, 0.2) is 0 Å². The minimum Gasteiger partial charge on any atom is -0.444 e. The molecule has 2 aliphatic heterocycles. The zero-order chi connectivity index (χ0) is 26.4. The molecule has 2 rings (SSSR count). The van der Waals surface area contributed by atoms with Crippen LogP contribution < -0.4 is 21.7 Å². The summed E-state index contributed by atoms with van der Waals surface area (Å²) in [6.45, 7) is 10.8. The Hall–Kier alpha value is -2.54. The number of thioether (sulfide) groups is 1. The summed E-state index contributed by atoms with van der Waals surface area (Å²) in [4.78, 5) is 55.1. The zero-order valence-electron chi connectivity index (χ0n) is 21.3. The van der Waals surface area contributed by atoms with Gasteiger partial charge >= 0.3 is 12.2 Å². The highest BCUT2D eigenvalue weighted by molar-refractivity contribution is 8.00. The van der Waals surface area contributed by atoms with Gasteiger partial charge in [0.05, 0.1) is 11.4 Å². The van der Waals surface area contributed by atoms with Gasteiger partial charge in [-0.2, -0.15) is 0 Å². The fourth-order valence-electron chi connectivity index (χ4n) is 3.43. The predicted octanol–water partition coefficient (Wildman–Crippen LogP) is 1.29. The molecule has 0 bridgehead atoms. The summed E-state index contributed by atoms with van der Waals surface area (Å²) in [5.74, 6) is 0.00639. The molecule has 5 N–H and O–H groups in total. The number of alkyl carbamates (subject to hydrolysis) is 2. The van der Waals surface area contributed by atoms with Crippen LogP contribution in [0.15, 0.2) is 4.99 Å². The van der Waals surface area contributed by atoms with Crippen molar-refractivity contribution in [3.8, 4) is 0 Å². The fourth-order valence-corrected chi connectivity index (χ4v) is 4.86. The third kappa shape index (κ3) is 9.55. The number of carbonyl (C=O) groups is 4. The van der Waals surface area contributed by atoms with Crippen molar-refractivity contribution in [2.75, 3.05) is 18.8 Å². The SMILES string of the molecule is CC(C)(C)OC(=O)NC(=NCCCNC(=O)[C@@H]1CS[C@H]2CC[C@H](N)C(=O)N21)NC(=O)OC(C)(C)C. The lowest BCUT2D eigenvalue weighted by atomic mass is 10.0. The second-order valence-electron chi connectivity index (χ2n) is 10.4. The highest BCUT2D eigenvalue weighted by Crippen LogP contribution is 2.36. The maximum atomic E-state index is 12.7. The van der Waals surface area contributed by atoms with E-state index in [2.05, 4.69) is 20.9 Å². The highest BCUT2D eigenvalue weighted by atomic mass is 32.2. The first kappa shape index (κ1) is 28.7. The Kier molecular flexibility index (Phi) is 9.78. The molecule has 0 aromatic heterocycles. The number of ether oxygens (including phenoxy) is 2. The van der Waals surface area contributed by atoms with E-state index in [9.17, 15) is 19.2 Å². The van der Waals surface area contributed by atoms with Crippen LogP contribution >= 0.6 is 11.8 Å². The molecule has 0 aliphatic carbocycles. The maximum absolute atomic E-state index is 12.7. The number of aliphatic imine (C=N–C) groups is 1. The Morgan fingerprint density at radius 2 is 1.63 bits per heavy atom. The molecule has 2 aliphatic rings. The summed E-state index contributed by atoms with van der Waals surface area (Å²) < 4.78 is 10.4. The quantitative estimate of drug-likeness (QED) is 0.242. The number of guanidine groups is 1. The van der Waals surface area contributed by atoms with Gasteiger partial charge in [-0.3, -0.25) is 25.2 Å². The molecule has 0 aromatic rings. The summed E-state index contributed by atoms with van der Waals surface area (Å²) in [6.07, 6.45) is 0.291. The average Bonchev–Trinajstić information content (AvgIpc) is 3.12. The van der Waals surface area contributed by atoms with Gasteiger partial charge in [0, 0.05) is 18.8 Å². The van der Waals surface area contributed by atoms with Crippen molar-refractivity contribution in [2.45, 2.75) is 89.5 Å². The monoisotopic (exact) mass is 514 g/mol. The van der Waals surface area contributed by atoms with E-state index in [1.807, 2.05) is 0 Å². The molecule has 198 valence electrons. The number of rotatable bonds is 5. The maximum Gasteiger partial charge on any atom is 0.414 e. The van der Waals surface area contributed by atoms with Crippen LogP contribution in [0.5, 0.6) is 0 Å². The van der Waals surface area contributed by atoms with Crippen molar-refractivity contribution in [1.29, 1.82) is 0 Å². The molecule has 3 atom stereocenters. The number of carbonyl (C=O) groups excluding carboxylic acids is 4. The first-order valence-corrected chi connectivity index (χ1v) is 12.7. The lowest BCUT2D eigenvalue weighted by Gasteiger charge is -2.35. The minimum atomic E-state index is -0.779. The van der Waals surface area contributed by atoms with E-state index >= 15 is 0 Å². The van der Waals surface area contributed by atoms with Crippen molar-refractivity contribution in [3.63, 3.8) is 0 Å². The molecule has 2 heterocycles. The second-order valence-corrected chi connectivity index (χ2v) is 11.6. The van der Waals surface area contributed by atoms with Crippen LogP contribution in [-0.4, -0.2) is 82.4 Å². The molecule has 0 saturated carbocycles. The number of nitrogens with zero attached hydrogens (tertiary/aromatic N) is 2. The van der Waals surface area contributed by atoms with Gasteiger partial charge in [0.2, 0.25) is 17.8 Å². The number of amides is 4. The molecule has 0 spiro atoms. The normalized spacial score (nSPS) is 22.1. The Morgan fingerprint density at radius 3 is 2.17 bits per heavy atom. The van der Waals surface area contributed by atoms with E-state index < -0.39 is 35.5 Å². The van der Waals surface area contributed by atoms with Crippen LogP contribution in [0.25, 0.3) is 0 Å². The molecule has 0 aromatic carbocycles. The van der Waals surface area contributed by atoms with Gasteiger partial charge in [-0.05, 0) is 60.8 Å². The van der Waals surface area contributed by atoms with Gasteiger partial charge in [0.25, 0.3) is 0 Å². The van der Waals surface area contributed by atoms with Crippen LogP contribution in [0.4, 0.5) is 9.59 Å². The molecule has 2 fully saturated rings. The first-order valence-electron chi connectivity index (χ1n) is 11.7. The third-order valence-corrected chi connectivity index (χ3v) is 6.19. The van der Waals surface area contributed by atoms with Gasteiger partial charge < -0.3 is 25.4 Å². The lowest BCUT2D eigenvalue weighted by molar-refractivity contribution is -0.142. The topological polar surface area (TPSA) is 164 Å². The summed E-state index contributed by atoms with van der Waals surface area (Å²) >= 11 is 1.60. The summed E-state index contributed by atoms with van der Waals surface area (Å²) in [5.41, 5.74) is 4.41. The molecular formula is C22H38N6O6S. The van der Waals surface area contributed by atoms with Crippen LogP contribution in [0.3, 0.4) is 0 Å². The van der Waals surface area contributed by atoms with Gasteiger partial charge in [-0.1, -0.05) is 0 Å². The van der Waals surface area contributed by atoms with E-state index in [1.54, 1.807) is 58.2 Å². The third-order valence-electron chi connectivity index (χ3n) is 4.83. The molecule has 35 heavy (non-hydrogen) atoms. The fraction of sp³-hybridized carbons (Fsp3) is 0.773. The van der Waals surface area contributed by atoms with E-state index in [-0.39, 0.29) is 29.7 Å². The standard InChI is InChI=1S/C22H38N6O6S/c1-21(2,3)33-19(31)26-18(27-20(32)34-22(4,5)6)25-11-7-10-24-16(29)14-12-35-15-9-8-13(23)17(30)28(14)15/h13-15H,7-12,23H2,1-6H3,(H,24,29)(H2,25,26,27,31,32)/t13-,14-,15-/m0/s1. The molecule has 12 nitrogen and oxygen atoms in total. The molecular weight excluding hydrogens is 476 g/mol. The molecule has 0 unspecified atom stereocenters. The molecule has 13 heteroatoms. The molecule has 2 saturated heterocycles. The van der Waals surface area contributed by atoms with E-state index in [0.29, 0.717) is 25.1 Å². The smallest absolute Gasteiger partial charge is 0.414 e. The second kappa shape index (κ2) is 11.9. The lowest BCUT2D eigenvalue weighted by Crippen LogP contribution is -2.57. The number of hydrogen-bond acceptors (Lipinski definition) is 9. The van der Waals surface area contributed by atoms with Crippen molar-refractivity contribution in [3.05, 3.63) is 0 Å². The summed E-state index contributed by atoms with van der Waals surface area (Å²) in [6, 6.07) is -1.09. The van der Waals surface area contributed by atoms with Gasteiger partial charge in [-0.25, -0.2) is 9.59 Å². The minimum absolute atomic E-state index is 0.00284. The Bertz CT molecular complexity index is 805. The predicted molar refractivity (Wildman–Crippen MR) is 133 cm³/mol. The number of fused-ring (bicyclic) bond motifs is 1. The Morgan fingerprint density at radius 1 is 1.06 bits per heavy atom. The van der Waals surface area contributed by atoms with Crippen molar-refractivity contribution >= 4 is 41.7 Å². The highest BCUT2D eigenvalue weighted by Gasteiger charge is 2.45. The van der Waals surface area contributed by atoms with Crippen LogP contribution in [0.1, 0.15) is 60.8 Å². The van der Waals surface area contributed by atoms with Crippen molar-refractivity contribution < 1.29 is 28.7 Å². The largest absolute Gasteiger partial charge is 0.444 e. The summed E-state index contributed by atoms with van der Waals surface area (Å²) in [5, 5.41) is 7.64. The Balaban J connectivity index is 1.88. The molecule has 4 amide bonds. The van der Waals surface area contributed by atoms with Gasteiger partial charge in [-0.15, -0.1) is 11.8 Å². The number of piperidine rings is 1. The first-order chi connectivity index (χ1) is 16.2. The zero-order valence-corrected chi connectivity index (χ0v) is 22.1. The van der Waals surface area contributed by atoms with Crippen molar-refractivity contribution in [1.82, 2.24) is 20.9 Å². The van der Waals surface area contributed by atoms with Crippen LogP contribution in [-0.2, 0) is 19.1 Å². The van der Waals surface area contributed by atoms with E-state index in [0.717, 1.165) is 6.42 Å². The van der Waals surface area contributed by atoms with Gasteiger partial charge in [0.1, 0.15) is 17.2 Å². The number of nitrogens with one attached hydrogen (secondary N) is 3. The van der Waals surface area contributed by atoms with Crippen LogP contribution in [0, 0.1) is 0 Å². The molecule has 0 radical (unpaired) electrons. The van der Waals surface area contributed by atoms with E-state index in [4.69, 9.17) is 15.2 Å².